The van der Waals surface area contributed by atoms with Crippen LogP contribution in [-0.4, -0.2) is 18.4 Å². The Kier molecular flexibility index (Phi) is 2.92. The molecule has 0 spiro atoms. The molecular weight excluding hydrogens is 196 g/mol. The fourth-order valence-corrected chi connectivity index (χ4v) is 0.919. The molecule has 1 aromatic rings. The van der Waals surface area contributed by atoms with Gasteiger partial charge in [-0.05, 0) is 17.7 Å². The molecule has 5 nitrogen and oxygen atoms in total. The third-order valence-electron chi connectivity index (χ3n) is 1.29. The van der Waals surface area contributed by atoms with Crippen LogP contribution < -0.4 is 11.1 Å². The molecule has 0 saturated carbocycles. The summed E-state index contributed by atoms with van der Waals surface area (Å²) in [5.41, 5.74) is 5.01. The average molecular weight is 203 g/mol. The van der Waals surface area contributed by atoms with Gasteiger partial charge in [-0.15, -0.1) is 0 Å². The van der Waals surface area contributed by atoms with Gasteiger partial charge in [-0.3, -0.25) is 9.59 Å². The van der Waals surface area contributed by atoms with Gasteiger partial charge in [0.1, 0.15) is 0 Å². The standard InChI is InChI=1S/C7H7ClN2O3/c8-6-4(1-2-13-6)7(12)10-3-5(9)11/h1-2H,3H2,(H2,9,11)(H,10,12). The van der Waals surface area contributed by atoms with Crippen LogP contribution in [0.15, 0.2) is 16.7 Å². The number of hydrogen-bond donors (Lipinski definition) is 2. The van der Waals surface area contributed by atoms with E-state index in [2.05, 4.69) is 9.73 Å². The lowest BCUT2D eigenvalue weighted by Crippen LogP contribution is -2.33. The van der Waals surface area contributed by atoms with Gasteiger partial charge in [0.15, 0.2) is 0 Å². The zero-order valence-electron chi connectivity index (χ0n) is 6.54. The Bertz CT molecular complexity index is 334. The number of halogens is 1. The van der Waals surface area contributed by atoms with Gasteiger partial charge in [0, 0.05) is 0 Å². The second-order valence-electron chi connectivity index (χ2n) is 2.26. The minimum Gasteiger partial charge on any atom is -0.452 e. The van der Waals surface area contributed by atoms with E-state index in [0.717, 1.165) is 0 Å². The predicted octanol–water partition coefficient (Wildman–Crippen LogP) is 0.148. The lowest BCUT2D eigenvalue weighted by Gasteiger charge is -1.99. The molecule has 1 rings (SSSR count). The second kappa shape index (κ2) is 3.95. The van der Waals surface area contributed by atoms with Crippen LogP contribution in [0.4, 0.5) is 0 Å². The molecule has 0 atom stereocenters. The van der Waals surface area contributed by atoms with Gasteiger partial charge in [0.2, 0.25) is 11.1 Å². The van der Waals surface area contributed by atoms with Crippen LogP contribution in [0.3, 0.4) is 0 Å². The lowest BCUT2D eigenvalue weighted by molar-refractivity contribution is -0.117. The average Bonchev–Trinajstić information content (AvgIpc) is 2.47. The number of hydrogen-bond acceptors (Lipinski definition) is 3. The number of nitrogens with two attached hydrogens (primary N) is 1. The first-order chi connectivity index (χ1) is 6.11. The maximum absolute atomic E-state index is 11.2. The van der Waals surface area contributed by atoms with E-state index in [4.69, 9.17) is 17.3 Å². The van der Waals surface area contributed by atoms with Crippen molar-refractivity contribution in [3.63, 3.8) is 0 Å². The van der Waals surface area contributed by atoms with Crippen molar-refractivity contribution in [2.45, 2.75) is 0 Å². The first kappa shape index (κ1) is 9.60. The molecule has 3 N–H and O–H groups in total. The van der Waals surface area contributed by atoms with Crippen LogP contribution in [0.1, 0.15) is 10.4 Å². The molecule has 0 bridgehead atoms. The Hall–Kier alpha value is -1.49. The zero-order valence-corrected chi connectivity index (χ0v) is 7.30. The van der Waals surface area contributed by atoms with Crippen molar-refractivity contribution in [3.8, 4) is 0 Å². The van der Waals surface area contributed by atoms with E-state index in [-0.39, 0.29) is 17.3 Å². The first-order valence-electron chi connectivity index (χ1n) is 3.40. The van der Waals surface area contributed by atoms with E-state index in [1.165, 1.54) is 12.3 Å². The van der Waals surface area contributed by atoms with Gasteiger partial charge in [-0.1, -0.05) is 0 Å². The third-order valence-corrected chi connectivity index (χ3v) is 1.58. The van der Waals surface area contributed by atoms with Gasteiger partial charge in [-0.2, -0.15) is 0 Å². The van der Waals surface area contributed by atoms with Gasteiger partial charge < -0.3 is 15.5 Å². The molecule has 0 aliphatic heterocycles. The highest BCUT2D eigenvalue weighted by molar-refractivity contribution is 6.32. The zero-order chi connectivity index (χ0) is 9.84. The quantitative estimate of drug-likeness (QED) is 0.732. The van der Waals surface area contributed by atoms with Gasteiger partial charge in [0.05, 0.1) is 18.4 Å². The van der Waals surface area contributed by atoms with E-state index < -0.39 is 11.8 Å². The molecule has 13 heavy (non-hydrogen) atoms. The van der Waals surface area contributed by atoms with Gasteiger partial charge in [-0.25, -0.2) is 0 Å². The largest absolute Gasteiger partial charge is 0.452 e. The van der Waals surface area contributed by atoms with E-state index in [0.29, 0.717) is 0 Å². The van der Waals surface area contributed by atoms with Crippen LogP contribution in [0, 0.1) is 0 Å². The summed E-state index contributed by atoms with van der Waals surface area (Å²) in [5, 5.41) is 2.26. The number of amides is 2. The molecule has 0 saturated heterocycles. The number of rotatable bonds is 3. The Morgan fingerprint density at radius 2 is 2.31 bits per heavy atom. The minimum atomic E-state index is -0.618. The van der Waals surface area contributed by atoms with Gasteiger partial charge in [0.25, 0.3) is 5.91 Å². The van der Waals surface area contributed by atoms with E-state index in [1.807, 2.05) is 0 Å². The number of primary amides is 1. The number of carbonyl (C=O) groups excluding carboxylic acids is 2. The monoisotopic (exact) mass is 202 g/mol. The summed E-state index contributed by atoms with van der Waals surface area (Å²) >= 11 is 5.51. The molecule has 1 aromatic heterocycles. The second-order valence-corrected chi connectivity index (χ2v) is 2.60. The van der Waals surface area contributed by atoms with Crippen LogP contribution in [0.25, 0.3) is 0 Å². The Balaban J connectivity index is 2.59. The molecule has 0 radical (unpaired) electrons. The molecule has 2 amide bonds. The molecule has 1 heterocycles. The smallest absolute Gasteiger partial charge is 0.256 e. The highest BCUT2D eigenvalue weighted by Gasteiger charge is 2.12. The topological polar surface area (TPSA) is 85.3 Å². The SMILES string of the molecule is NC(=O)CNC(=O)c1ccoc1Cl. The Labute approximate surface area is 78.8 Å². The maximum Gasteiger partial charge on any atom is 0.256 e. The normalized spacial score (nSPS) is 9.62. The van der Waals surface area contributed by atoms with Crippen molar-refractivity contribution in [2.24, 2.45) is 5.73 Å². The highest BCUT2D eigenvalue weighted by Crippen LogP contribution is 2.15. The molecule has 0 aliphatic carbocycles. The fraction of sp³-hybridized carbons (Fsp3) is 0.143. The molecule has 0 fully saturated rings. The summed E-state index contributed by atoms with van der Waals surface area (Å²) in [5.74, 6) is -1.11. The fourth-order valence-electron chi connectivity index (χ4n) is 0.718. The van der Waals surface area contributed by atoms with Crippen molar-refractivity contribution in [2.75, 3.05) is 6.54 Å². The van der Waals surface area contributed by atoms with Gasteiger partial charge >= 0.3 is 0 Å². The van der Waals surface area contributed by atoms with Crippen LogP contribution in [-0.2, 0) is 4.79 Å². The summed E-state index contributed by atoms with van der Waals surface area (Å²) in [6.45, 7) is -0.222. The number of nitrogens with one attached hydrogen (secondary N) is 1. The van der Waals surface area contributed by atoms with Crippen LogP contribution in [0.2, 0.25) is 5.22 Å². The summed E-state index contributed by atoms with van der Waals surface area (Å²) in [4.78, 5) is 21.5. The third kappa shape index (κ3) is 2.48. The van der Waals surface area contributed by atoms with E-state index in [9.17, 15) is 9.59 Å². The summed E-state index contributed by atoms with van der Waals surface area (Å²) < 4.78 is 4.68. The molecule has 6 heteroatoms. The van der Waals surface area contributed by atoms with Crippen molar-refractivity contribution >= 4 is 23.4 Å². The van der Waals surface area contributed by atoms with E-state index in [1.54, 1.807) is 0 Å². The highest BCUT2D eigenvalue weighted by atomic mass is 35.5. The lowest BCUT2D eigenvalue weighted by atomic mass is 10.3. The number of furan rings is 1. The predicted molar refractivity (Wildman–Crippen MR) is 45.2 cm³/mol. The van der Waals surface area contributed by atoms with Crippen LogP contribution in [0.5, 0.6) is 0 Å². The summed E-state index contributed by atoms with van der Waals surface area (Å²) in [7, 11) is 0. The van der Waals surface area contributed by atoms with Crippen LogP contribution >= 0.6 is 11.6 Å². The first-order valence-corrected chi connectivity index (χ1v) is 3.78. The summed E-state index contributed by atoms with van der Waals surface area (Å²) in [6, 6.07) is 1.40. The Morgan fingerprint density at radius 3 is 2.77 bits per heavy atom. The molecule has 0 aromatic carbocycles. The number of carbonyl (C=O) groups is 2. The minimum absolute atomic E-state index is 0.0121. The molecular formula is C7H7ClN2O3. The summed E-state index contributed by atoms with van der Waals surface area (Å²) in [6.07, 6.45) is 1.28. The van der Waals surface area contributed by atoms with Crippen molar-refractivity contribution in [1.82, 2.24) is 5.32 Å². The molecule has 0 unspecified atom stereocenters. The van der Waals surface area contributed by atoms with Crippen molar-refractivity contribution < 1.29 is 14.0 Å². The van der Waals surface area contributed by atoms with Crippen molar-refractivity contribution in [1.29, 1.82) is 0 Å². The molecule has 70 valence electrons. The maximum atomic E-state index is 11.2. The Morgan fingerprint density at radius 1 is 1.62 bits per heavy atom. The molecule has 0 aliphatic rings. The van der Waals surface area contributed by atoms with E-state index >= 15 is 0 Å². The van der Waals surface area contributed by atoms with Crippen molar-refractivity contribution in [3.05, 3.63) is 23.1 Å².